The number of hydrogen-bond donors (Lipinski definition) is 1. The van der Waals surface area contributed by atoms with Gasteiger partial charge in [0, 0.05) is 11.3 Å². The minimum absolute atomic E-state index is 0.296. The number of nitrogen functional groups attached to an aromatic ring is 1. The van der Waals surface area contributed by atoms with E-state index in [-0.39, 0.29) is 5.41 Å². The number of nitriles is 1. The Balaban J connectivity index is 1.97. The van der Waals surface area contributed by atoms with Gasteiger partial charge in [0.2, 0.25) is 0 Å². The van der Waals surface area contributed by atoms with E-state index in [4.69, 9.17) is 5.73 Å². The van der Waals surface area contributed by atoms with Gasteiger partial charge in [0.15, 0.2) is 0 Å². The van der Waals surface area contributed by atoms with Gasteiger partial charge in [0.25, 0.3) is 0 Å². The summed E-state index contributed by atoms with van der Waals surface area (Å²) < 4.78 is 0. The Morgan fingerprint density at radius 1 is 1.09 bits per heavy atom. The van der Waals surface area contributed by atoms with Crippen molar-refractivity contribution in [2.75, 3.05) is 5.73 Å². The van der Waals surface area contributed by atoms with Crippen LogP contribution in [0.25, 0.3) is 5.57 Å². The highest BCUT2D eigenvalue weighted by Gasteiger charge is 2.34. The monoisotopic (exact) mass is 308 g/mol. The Morgan fingerprint density at radius 2 is 1.83 bits per heavy atom. The molecule has 0 spiro atoms. The predicted molar refractivity (Wildman–Crippen MR) is 96.8 cm³/mol. The molecule has 23 heavy (non-hydrogen) atoms. The molecule has 0 unspecified atom stereocenters. The molecule has 0 bridgehead atoms. The first kappa shape index (κ1) is 16.1. The quantitative estimate of drug-likeness (QED) is 0.724. The molecule has 0 amide bonds. The Hall–Kier alpha value is -1.75. The van der Waals surface area contributed by atoms with Crippen LogP contribution in [0.3, 0.4) is 0 Å². The lowest BCUT2D eigenvalue weighted by Crippen LogP contribution is -2.27. The highest BCUT2D eigenvalue weighted by molar-refractivity contribution is 5.76. The van der Waals surface area contributed by atoms with E-state index in [0.717, 1.165) is 49.8 Å². The van der Waals surface area contributed by atoms with Crippen LogP contribution in [0.5, 0.6) is 0 Å². The van der Waals surface area contributed by atoms with E-state index >= 15 is 0 Å². The summed E-state index contributed by atoms with van der Waals surface area (Å²) in [6, 6.07) is 8.95. The van der Waals surface area contributed by atoms with Gasteiger partial charge in [-0.1, -0.05) is 45.3 Å². The van der Waals surface area contributed by atoms with Crippen molar-refractivity contribution in [1.82, 2.24) is 0 Å². The van der Waals surface area contributed by atoms with E-state index in [2.05, 4.69) is 38.1 Å². The van der Waals surface area contributed by atoms with Crippen LogP contribution in [0.2, 0.25) is 0 Å². The second-order valence-electron chi connectivity index (χ2n) is 8.15. The zero-order valence-electron chi connectivity index (χ0n) is 14.5. The average molecular weight is 308 g/mol. The summed E-state index contributed by atoms with van der Waals surface area (Å²) in [5.74, 6) is 0. The lowest BCUT2D eigenvalue weighted by atomic mass is 9.69. The molecule has 2 aliphatic carbocycles. The lowest BCUT2D eigenvalue weighted by Gasteiger charge is -2.33. The molecule has 1 saturated carbocycles. The van der Waals surface area contributed by atoms with Crippen molar-refractivity contribution in [1.29, 1.82) is 5.26 Å². The third-order valence-electron chi connectivity index (χ3n) is 5.85. The molecule has 0 atom stereocenters. The number of benzene rings is 1. The molecule has 2 nitrogen and oxygen atoms in total. The van der Waals surface area contributed by atoms with Crippen LogP contribution < -0.4 is 5.73 Å². The number of nitrogens with zero attached hydrogens (tertiary/aromatic N) is 1. The minimum atomic E-state index is -0.296. The van der Waals surface area contributed by atoms with E-state index in [0.29, 0.717) is 5.41 Å². The molecule has 122 valence electrons. The van der Waals surface area contributed by atoms with E-state index in [1.54, 1.807) is 0 Å². The second-order valence-corrected chi connectivity index (χ2v) is 8.15. The van der Waals surface area contributed by atoms with E-state index in [1.165, 1.54) is 24.0 Å². The summed E-state index contributed by atoms with van der Waals surface area (Å²) in [6.45, 7) is 4.65. The van der Waals surface area contributed by atoms with Gasteiger partial charge in [-0.05, 0) is 60.8 Å². The zero-order chi connectivity index (χ0) is 16.5. The lowest BCUT2D eigenvalue weighted by molar-refractivity contribution is 0.335. The van der Waals surface area contributed by atoms with Crippen molar-refractivity contribution < 1.29 is 0 Å². The number of nitrogens with two attached hydrogens (primary N) is 1. The van der Waals surface area contributed by atoms with Gasteiger partial charge in [-0.3, -0.25) is 0 Å². The van der Waals surface area contributed by atoms with E-state index in [1.807, 2.05) is 6.07 Å². The zero-order valence-corrected chi connectivity index (χ0v) is 14.5. The normalized spacial score (nSPS) is 22.9. The standard InChI is InChI=1S/C21H28N2/c1-20(2)12-8-16(9-13-20)18-14-17(6-7-19(18)23)21(15-22)10-4-3-5-11-21/h6-8,14H,3-5,9-13,23H2,1-2H3. The number of rotatable bonds is 2. The molecule has 0 aromatic heterocycles. The van der Waals surface area contributed by atoms with E-state index in [9.17, 15) is 5.26 Å². The SMILES string of the molecule is CC1(C)CC=C(c2cc(C3(C#N)CCCCC3)ccc2N)CC1. The Labute approximate surface area is 140 Å². The maximum Gasteiger partial charge on any atom is 0.0822 e. The first-order valence-corrected chi connectivity index (χ1v) is 8.97. The van der Waals surface area contributed by atoms with Crippen molar-refractivity contribution in [3.8, 4) is 6.07 Å². The molecule has 3 rings (SSSR count). The fourth-order valence-electron chi connectivity index (χ4n) is 4.07. The van der Waals surface area contributed by atoms with Crippen molar-refractivity contribution >= 4 is 11.3 Å². The first-order chi connectivity index (χ1) is 11.0. The second kappa shape index (κ2) is 6.04. The minimum Gasteiger partial charge on any atom is -0.398 e. The molecule has 0 radical (unpaired) electrons. The highest BCUT2D eigenvalue weighted by atomic mass is 14.6. The van der Waals surface area contributed by atoms with Gasteiger partial charge in [0.1, 0.15) is 0 Å². The molecule has 1 fully saturated rings. The first-order valence-electron chi connectivity index (χ1n) is 8.97. The number of anilines is 1. The molecule has 2 N–H and O–H groups in total. The summed E-state index contributed by atoms with van der Waals surface area (Å²) in [7, 11) is 0. The van der Waals surface area contributed by atoms with Crippen LogP contribution in [0.4, 0.5) is 5.69 Å². The molecular formula is C21H28N2. The molecule has 0 aliphatic heterocycles. The van der Waals surface area contributed by atoms with Gasteiger partial charge in [-0.15, -0.1) is 0 Å². The van der Waals surface area contributed by atoms with Crippen molar-refractivity contribution in [3.05, 3.63) is 35.4 Å². The van der Waals surface area contributed by atoms with Crippen LogP contribution in [0, 0.1) is 16.7 Å². The van der Waals surface area contributed by atoms with E-state index < -0.39 is 0 Å². The summed E-state index contributed by atoms with van der Waals surface area (Å²) in [6.07, 6.45) is 11.3. The fraction of sp³-hybridized carbons (Fsp3) is 0.571. The molecule has 1 aromatic rings. The topological polar surface area (TPSA) is 49.8 Å². The van der Waals surface area contributed by atoms with Gasteiger partial charge >= 0.3 is 0 Å². The van der Waals surface area contributed by atoms with Gasteiger partial charge in [-0.2, -0.15) is 5.26 Å². The third-order valence-corrected chi connectivity index (χ3v) is 5.85. The predicted octanol–water partition coefficient (Wildman–Crippen LogP) is 5.59. The smallest absolute Gasteiger partial charge is 0.0822 e. The van der Waals surface area contributed by atoms with Gasteiger partial charge in [0.05, 0.1) is 11.5 Å². The Bertz CT molecular complexity index is 655. The maximum absolute atomic E-state index is 9.84. The largest absolute Gasteiger partial charge is 0.398 e. The van der Waals surface area contributed by atoms with Crippen LogP contribution in [-0.4, -0.2) is 0 Å². The summed E-state index contributed by atoms with van der Waals surface area (Å²) in [4.78, 5) is 0. The Morgan fingerprint density at radius 3 is 2.43 bits per heavy atom. The third kappa shape index (κ3) is 3.15. The fourth-order valence-corrected chi connectivity index (χ4v) is 4.07. The van der Waals surface area contributed by atoms with Crippen LogP contribution in [-0.2, 0) is 5.41 Å². The summed E-state index contributed by atoms with van der Waals surface area (Å²) >= 11 is 0. The molecule has 1 aromatic carbocycles. The average Bonchev–Trinajstić information content (AvgIpc) is 2.56. The van der Waals surface area contributed by atoms with Crippen molar-refractivity contribution in [3.63, 3.8) is 0 Å². The summed E-state index contributed by atoms with van der Waals surface area (Å²) in [5.41, 5.74) is 10.9. The van der Waals surface area contributed by atoms with Crippen molar-refractivity contribution in [2.45, 2.75) is 70.6 Å². The van der Waals surface area contributed by atoms with Gasteiger partial charge in [-0.25, -0.2) is 0 Å². The molecule has 0 heterocycles. The van der Waals surface area contributed by atoms with Crippen LogP contribution >= 0.6 is 0 Å². The highest BCUT2D eigenvalue weighted by Crippen LogP contribution is 2.43. The molecule has 2 aliphatic rings. The van der Waals surface area contributed by atoms with Crippen LogP contribution in [0.1, 0.15) is 76.3 Å². The molecule has 2 heteroatoms. The molecule has 0 saturated heterocycles. The van der Waals surface area contributed by atoms with Gasteiger partial charge < -0.3 is 5.73 Å². The maximum atomic E-state index is 9.84. The molecular weight excluding hydrogens is 280 g/mol. The van der Waals surface area contributed by atoms with Crippen molar-refractivity contribution in [2.24, 2.45) is 5.41 Å². The Kier molecular flexibility index (Phi) is 4.23. The summed E-state index contributed by atoms with van der Waals surface area (Å²) in [5, 5.41) is 9.84. The number of hydrogen-bond acceptors (Lipinski definition) is 2. The van der Waals surface area contributed by atoms with Crippen LogP contribution in [0.15, 0.2) is 24.3 Å². The number of allylic oxidation sites excluding steroid dienone is 2.